The molecule has 2 rings (SSSR count). The van der Waals surface area contributed by atoms with Crippen LogP contribution >= 0.6 is 0 Å². The van der Waals surface area contributed by atoms with Crippen molar-refractivity contribution in [2.24, 2.45) is 0 Å². The number of nitrogens with zero attached hydrogens (tertiary/aromatic N) is 3. The summed E-state index contributed by atoms with van der Waals surface area (Å²) in [6.45, 7) is 2.67. The molecular weight excluding hydrogens is 302 g/mol. The third-order valence-corrected chi connectivity index (χ3v) is 4.06. The fraction of sp³-hybridized carbons (Fsp3) is 0.368. The summed E-state index contributed by atoms with van der Waals surface area (Å²) in [5.41, 5.74) is 2.07. The second-order valence-corrected chi connectivity index (χ2v) is 6.07. The predicted molar refractivity (Wildman–Crippen MR) is 95.1 cm³/mol. The molecule has 0 aliphatic carbocycles. The summed E-state index contributed by atoms with van der Waals surface area (Å²) < 4.78 is 5.48. The number of aromatic nitrogens is 1. The van der Waals surface area contributed by atoms with Crippen LogP contribution in [0.3, 0.4) is 0 Å². The van der Waals surface area contributed by atoms with E-state index in [4.69, 9.17) is 4.74 Å². The van der Waals surface area contributed by atoms with Crippen molar-refractivity contribution in [3.05, 3.63) is 59.9 Å². The first-order valence-corrected chi connectivity index (χ1v) is 8.06. The van der Waals surface area contributed by atoms with E-state index in [0.717, 1.165) is 11.3 Å². The molecule has 5 nitrogen and oxygen atoms in total. The van der Waals surface area contributed by atoms with E-state index in [2.05, 4.69) is 16.8 Å². The van der Waals surface area contributed by atoms with E-state index in [-0.39, 0.29) is 12.1 Å². The first kappa shape index (κ1) is 17.9. The maximum Gasteiger partial charge on any atom is 0.414 e. The lowest BCUT2D eigenvalue weighted by molar-refractivity contribution is 0.163. The highest BCUT2D eigenvalue weighted by molar-refractivity contribution is 5.70. The Morgan fingerprint density at radius 2 is 1.96 bits per heavy atom. The molecule has 1 aromatic carbocycles. The van der Waals surface area contributed by atoms with Gasteiger partial charge in [-0.15, -0.1) is 0 Å². The topological polar surface area (TPSA) is 45.7 Å². The Hall–Kier alpha value is -2.40. The second-order valence-electron chi connectivity index (χ2n) is 6.07. The number of pyridine rings is 1. The van der Waals surface area contributed by atoms with Gasteiger partial charge < -0.3 is 14.5 Å². The van der Waals surface area contributed by atoms with Gasteiger partial charge in [-0.1, -0.05) is 18.2 Å². The van der Waals surface area contributed by atoms with E-state index in [0.29, 0.717) is 18.7 Å². The van der Waals surface area contributed by atoms with Crippen LogP contribution in [0.25, 0.3) is 0 Å². The quantitative estimate of drug-likeness (QED) is 0.816. The Labute approximate surface area is 143 Å². The summed E-state index contributed by atoms with van der Waals surface area (Å²) in [5.74, 6) is 0.566. The molecule has 1 heterocycles. The average Bonchev–Trinajstić information content (AvgIpc) is 2.60. The molecule has 1 aromatic heterocycles. The molecule has 0 saturated heterocycles. The molecule has 1 atom stereocenters. The van der Waals surface area contributed by atoms with Crippen molar-refractivity contribution < 1.29 is 9.53 Å². The average molecular weight is 327 g/mol. The molecular formula is C19H25N3O2. The maximum atomic E-state index is 12.2. The van der Waals surface area contributed by atoms with E-state index in [9.17, 15) is 4.79 Å². The summed E-state index contributed by atoms with van der Waals surface area (Å²) in [6.07, 6.45) is 2.09. The van der Waals surface area contributed by atoms with E-state index in [1.54, 1.807) is 24.2 Å². The molecule has 0 N–H and O–H groups in total. The fourth-order valence-corrected chi connectivity index (χ4v) is 2.23. The van der Waals surface area contributed by atoms with Crippen molar-refractivity contribution in [1.29, 1.82) is 0 Å². The summed E-state index contributed by atoms with van der Waals surface area (Å²) >= 11 is 0. The van der Waals surface area contributed by atoms with Crippen molar-refractivity contribution in [2.45, 2.75) is 19.4 Å². The van der Waals surface area contributed by atoms with Crippen molar-refractivity contribution in [3.63, 3.8) is 0 Å². The summed E-state index contributed by atoms with van der Waals surface area (Å²) in [5, 5.41) is 0. The number of carbonyl (C=O) groups excluding carboxylic acids is 1. The molecule has 0 bridgehead atoms. The molecule has 2 aromatic rings. The van der Waals surface area contributed by atoms with Gasteiger partial charge in [0.05, 0.1) is 0 Å². The molecule has 24 heavy (non-hydrogen) atoms. The lowest BCUT2D eigenvalue weighted by atomic mass is 10.1. The van der Waals surface area contributed by atoms with E-state index in [1.165, 1.54) is 0 Å². The Morgan fingerprint density at radius 3 is 2.62 bits per heavy atom. The Kier molecular flexibility index (Phi) is 6.32. The van der Waals surface area contributed by atoms with Crippen molar-refractivity contribution >= 4 is 6.09 Å². The monoisotopic (exact) mass is 327 g/mol. The maximum absolute atomic E-state index is 12.2. The zero-order valence-corrected chi connectivity index (χ0v) is 14.8. The highest BCUT2D eigenvalue weighted by atomic mass is 16.6. The first-order chi connectivity index (χ1) is 11.5. The predicted octanol–water partition coefficient (Wildman–Crippen LogP) is 3.38. The number of amides is 1. The number of benzene rings is 1. The number of carbonyl (C=O) groups is 1. The lowest BCUT2D eigenvalue weighted by Gasteiger charge is -2.21. The largest absolute Gasteiger partial charge is 0.414 e. The van der Waals surface area contributed by atoms with Crippen LogP contribution in [-0.4, -0.2) is 48.6 Å². The molecule has 0 aliphatic heterocycles. The van der Waals surface area contributed by atoms with Gasteiger partial charge in [0.1, 0.15) is 5.75 Å². The van der Waals surface area contributed by atoms with Crippen molar-refractivity contribution in [1.82, 2.24) is 14.8 Å². The van der Waals surface area contributed by atoms with Crippen LogP contribution in [0.2, 0.25) is 0 Å². The lowest BCUT2D eigenvalue weighted by Crippen LogP contribution is -2.31. The Morgan fingerprint density at radius 1 is 1.17 bits per heavy atom. The Balaban J connectivity index is 1.92. The number of rotatable bonds is 6. The fourth-order valence-electron chi connectivity index (χ4n) is 2.23. The first-order valence-electron chi connectivity index (χ1n) is 8.06. The number of hydrogen-bond donors (Lipinski definition) is 0. The van der Waals surface area contributed by atoms with E-state index in [1.807, 2.05) is 50.5 Å². The van der Waals surface area contributed by atoms with Gasteiger partial charge in [0.2, 0.25) is 0 Å². The van der Waals surface area contributed by atoms with Gasteiger partial charge in [-0.2, -0.15) is 0 Å². The van der Waals surface area contributed by atoms with Gasteiger partial charge in [-0.05, 0) is 50.8 Å². The van der Waals surface area contributed by atoms with Crippen LogP contribution in [0.1, 0.15) is 24.2 Å². The van der Waals surface area contributed by atoms with Crippen LogP contribution in [0.5, 0.6) is 5.75 Å². The molecule has 0 spiro atoms. The molecule has 0 aliphatic rings. The number of ether oxygens (including phenoxy) is 1. The third kappa shape index (κ3) is 5.06. The number of hydrogen-bond acceptors (Lipinski definition) is 4. The smallest absolute Gasteiger partial charge is 0.410 e. The third-order valence-electron chi connectivity index (χ3n) is 4.06. The minimum absolute atomic E-state index is 0.255. The minimum atomic E-state index is -0.361. The molecule has 0 saturated carbocycles. The van der Waals surface area contributed by atoms with Gasteiger partial charge in [0.25, 0.3) is 0 Å². The Bertz CT molecular complexity index is 659. The SMILES string of the molecule is C[C@@H](c1cccc(OC(=O)N(C)CCc2ccccn2)c1)N(C)C. The summed E-state index contributed by atoms with van der Waals surface area (Å²) in [7, 11) is 5.78. The highest BCUT2D eigenvalue weighted by Gasteiger charge is 2.13. The van der Waals surface area contributed by atoms with Crippen molar-refractivity contribution in [2.75, 3.05) is 27.7 Å². The van der Waals surface area contributed by atoms with Gasteiger partial charge in [0, 0.05) is 37.9 Å². The normalized spacial score (nSPS) is 12.0. The van der Waals surface area contributed by atoms with E-state index < -0.39 is 0 Å². The van der Waals surface area contributed by atoms with Crippen LogP contribution in [0, 0.1) is 0 Å². The summed E-state index contributed by atoms with van der Waals surface area (Å²) in [6, 6.07) is 13.7. The van der Waals surface area contributed by atoms with Gasteiger partial charge >= 0.3 is 6.09 Å². The van der Waals surface area contributed by atoms with Crippen LogP contribution in [0.4, 0.5) is 4.79 Å². The zero-order valence-electron chi connectivity index (χ0n) is 14.8. The number of likely N-dealkylation sites (N-methyl/N-ethyl adjacent to an activating group) is 1. The van der Waals surface area contributed by atoms with E-state index >= 15 is 0 Å². The molecule has 128 valence electrons. The van der Waals surface area contributed by atoms with Gasteiger partial charge in [0.15, 0.2) is 0 Å². The van der Waals surface area contributed by atoms with Crippen LogP contribution < -0.4 is 4.74 Å². The molecule has 0 unspecified atom stereocenters. The van der Waals surface area contributed by atoms with Crippen molar-refractivity contribution in [3.8, 4) is 5.75 Å². The highest BCUT2D eigenvalue weighted by Crippen LogP contribution is 2.22. The molecule has 0 radical (unpaired) electrons. The molecule has 5 heteroatoms. The van der Waals surface area contributed by atoms with Crippen LogP contribution in [-0.2, 0) is 6.42 Å². The van der Waals surface area contributed by atoms with Gasteiger partial charge in [-0.3, -0.25) is 4.98 Å². The van der Waals surface area contributed by atoms with Crippen LogP contribution in [0.15, 0.2) is 48.7 Å². The second kappa shape index (κ2) is 8.45. The molecule has 0 fully saturated rings. The standard InChI is InChI=1S/C19H25N3O2/c1-15(21(2)3)16-8-7-10-18(14-16)24-19(23)22(4)13-11-17-9-5-6-12-20-17/h5-10,12,14-15H,11,13H2,1-4H3/t15-/m0/s1. The minimum Gasteiger partial charge on any atom is -0.410 e. The molecule has 1 amide bonds. The zero-order chi connectivity index (χ0) is 17.5. The van der Waals surface area contributed by atoms with Gasteiger partial charge in [-0.25, -0.2) is 4.79 Å². The summed E-state index contributed by atoms with van der Waals surface area (Å²) in [4.78, 5) is 20.2.